The largest absolute Gasteiger partial charge is 0.383 e. The molecule has 0 aromatic carbocycles. The van der Waals surface area contributed by atoms with Crippen molar-refractivity contribution in [1.29, 1.82) is 0 Å². The summed E-state index contributed by atoms with van der Waals surface area (Å²) < 4.78 is 4.96. The minimum absolute atomic E-state index is 0.0225. The molecular weight excluding hydrogens is 204 g/mol. The van der Waals surface area contributed by atoms with E-state index >= 15 is 0 Å². The number of hydrogen-bond acceptors (Lipinski definition) is 3. The molecule has 0 fully saturated rings. The van der Waals surface area contributed by atoms with Gasteiger partial charge in [-0.25, -0.2) is 0 Å². The van der Waals surface area contributed by atoms with Crippen LogP contribution in [0, 0.1) is 5.92 Å². The molecule has 0 spiro atoms. The molecule has 0 bridgehead atoms. The molecule has 0 radical (unpaired) electrons. The Morgan fingerprint density at radius 3 is 2.62 bits per heavy atom. The summed E-state index contributed by atoms with van der Waals surface area (Å²) in [6.45, 7) is 9.35. The summed E-state index contributed by atoms with van der Waals surface area (Å²) in [6.07, 6.45) is 2.41. The Morgan fingerprint density at radius 2 is 2.19 bits per heavy atom. The maximum Gasteiger partial charge on any atom is 0.239 e. The third kappa shape index (κ3) is 5.88. The molecule has 4 nitrogen and oxygen atoms in total. The molecule has 0 unspecified atom stereocenters. The molecular formula is C12H24N2O2. The smallest absolute Gasteiger partial charge is 0.239 e. The van der Waals surface area contributed by atoms with Crippen molar-refractivity contribution in [3.05, 3.63) is 12.7 Å². The van der Waals surface area contributed by atoms with E-state index < -0.39 is 6.04 Å². The van der Waals surface area contributed by atoms with E-state index in [0.717, 1.165) is 0 Å². The highest BCUT2D eigenvalue weighted by Gasteiger charge is 2.20. The highest BCUT2D eigenvalue weighted by molar-refractivity contribution is 5.81. The molecule has 2 N–H and O–H groups in total. The molecule has 0 saturated carbocycles. The number of amides is 1. The normalized spacial score (nSPS) is 12.6. The minimum Gasteiger partial charge on any atom is -0.383 e. The van der Waals surface area contributed by atoms with Gasteiger partial charge in [0.15, 0.2) is 0 Å². The molecule has 94 valence electrons. The predicted molar refractivity (Wildman–Crippen MR) is 66.1 cm³/mol. The highest BCUT2D eigenvalue weighted by atomic mass is 16.5. The Labute approximate surface area is 98.4 Å². The van der Waals surface area contributed by atoms with Crippen LogP contribution in [0.4, 0.5) is 0 Å². The third-order valence-corrected chi connectivity index (χ3v) is 2.27. The number of carbonyl (C=O) groups is 1. The molecule has 0 aliphatic rings. The summed E-state index contributed by atoms with van der Waals surface area (Å²) in [5.74, 6) is 0.401. The lowest BCUT2D eigenvalue weighted by atomic mass is 10.0. The van der Waals surface area contributed by atoms with Crippen molar-refractivity contribution in [2.45, 2.75) is 26.3 Å². The molecule has 0 aliphatic carbocycles. The lowest BCUT2D eigenvalue weighted by Gasteiger charge is -2.25. The Morgan fingerprint density at radius 1 is 1.56 bits per heavy atom. The Hall–Kier alpha value is -0.870. The number of methoxy groups -OCH3 is 1. The first-order valence-electron chi connectivity index (χ1n) is 5.67. The summed E-state index contributed by atoms with van der Waals surface area (Å²) in [6, 6.07) is -0.420. The molecule has 0 saturated heterocycles. The molecule has 0 heterocycles. The number of nitrogens with two attached hydrogens (primary N) is 1. The van der Waals surface area contributed by atoms with Crippen molar-refractivity contribution >= 4 is 5.91 Å². The van der Waals surface area contributed by atoms with E-state index in [-0.39, 0.29) is 5.91 Å². The minimum atomic E-state index is -0.420. The van der Waals surface area contributed by atoms with Gasteiger partial charge in [0, 0.05) is 20.2 Å². The van der Waals surface area contributed by atoms with E-state index in [1.54, 1.807) is 18.1 Å². The lowest BCUT2D eigenvalue weighted by molar-refractivity contribution is -0.133. The van der Waals surface area contributed by atoms with Crippen molar-refractivity contribution in [3.63, 3.8) is 0 Å². The van der Waals surface area contributed by atoms with E-state index in [0.29, 0.717) is 32.0 Å². The third-order valence-electron chi connectivity index (χ3n) is 2.27. The number of ether oxygens (including phenoxy) is 1. The molecule has 1 amide bonds. The van der Waals surface area contributed by atoms with Crippen LogP contribution in [0.5, 0.6) is 0 Å². The summed E-state index contributed by atoms with van der Waals surface area (Å²) in [4.78, 5) is 13.7. The fourth-order valence-electron chi connectivity index (χ4n) is 1.49. The monoisotopic (exact) mass is 228 g/mol. The molecule has 4 heteroatoms. The van der Waals surface area contributed by atoms with Gasteiger partial charge in [-0.15, -0.1) is 6.58 Å². The summed E-state index contributed by atoms with van der Waals surface area (Å²) in [5.41, 5.74) is 5.85. The lowest BCUT2D eigenvalue weighted by Crippen LogP contribution is -2.45. The predicted octanol–water partition coefficient (Wildman–Crippen LogP) is 1.02. The van der Waals surface area contributed by atoms with Crippen LogP contribution in [-0.2, 0) is 9.53 Å². The number of hydrogen-bond donors (Lipinski definition) is 1. The Bertz CT molecular complexity index is 217. The van der Waals surface area contributed by atoms with Crippen LogP contribution < -0.4 is 5.73 Å². The molecule has 1 atom stereocenters. The fraction of sp³-hybridized carbons (Fsp3) is 0.750. The van der Waals surface area contributed by atoms with Crippen molar-refractivity contribution in [2.75, 3.05) is 26.8 Å². The maximum atomic E-state index is 12.0. The first-order chi connectivity index (χ1) is 7.52. The van der Waals surface area contributed by atoms with Crippen molar-refractivity contribution in [1.82, 2.24) is 4.90 Å². The maximum absolute atomic E-state index is 12.0. The van der Waals surface area contributed by atoms with Crippen LogP contribution in [0.3, 0.4) is 0 Å². The molecule has 0 aromatic heterocycles. The first kappa shape index (κ1) is 15.1. The van der Waals surface area contributed by atoms with Gasteiger partial charge in [0.1, 0.15) is 0 Å². The van der Waals surface area contributed by atoms with Gasteiger partial charge in [-0.05, 0) is 12.3 Å². The van der Waals surface area contributed by atoms with Crippen molar-refractivity contribution < 1.29 is 9.53 Å². The molecule has 0 aromatic rings. The van der Waals surface area contributed by atoms with E-state index in [4.69, 9.17) is 10.5 Å². The van der Waals surface area contributed by atoms with E-state index in [1.807, 2.05) is 0 Å². The van der Waals surface area contributed by atoms with E-state index in [1.165, 1.54) is 0 Å². The van der Waals surface area contributed by atoms with Gasteiger partial charge in [-0.1, -0.05) is 19.9 Å². The van der Waals surface area contributed by atoms with Crippen molar-refractivity contribution in [3.8, 4) is 0 Å². The number of nitrogens with zero attached hydrogens (tertiary/aromatic N) is 1. The second-order valence-corrected chi connectivity index (χ2v) is 4.30. The van der Waals surface area contributed by atoms with Gasteiger partial charge < -0.3 is 15.4 Å². The second kappa shape index (κ2) is 8.30. The Kier molecular flexibility index (Phi) is 7.85. The zero-order valence-corrected chi connectivity index (χ0v) is 10.6. The molecule has 0 rings (SSSR count). The van der Waals surface area contributed by atoms with E-state index in [9.17, 15) is 4.79 Å². The zero-order valence-electron chi connectivity index (χ0n) is 10.6. The van der Waals surface area contributed by atoms with Crippen LogP contribution in [0.1, 0.15) is 20.3 Å². The SMILES string of the molecule is C=CCN(CCOC)C(=O)[C@H](N)CC(C)C. The molecule has 16 heavy (non-hydrogen) atoms. The van der Waals surface area contributed by atoms with Crippen LogP contribution >= 0.6 is 0 Å². The van der Waals surface area contributed by atoms with Gasteiger partial charge in [-0.2, -0.15) is 0 Å². The topological polar surface area (TPSA) is 55.6 Å². The zero-order chi connectivity index (χ0) is 12.6. The first-order valence-corrected chi connectivity index (χ1v) is 5.67. The standard InChI is InChI=1S/C12H24N2O2/c1-5-6-14(7-8-16-4)12(15)11(13)9-10(2)3/h5,10-11H,1,6-9,13H2,2-4H3/t11-/m1/s1. The Balaban J connectivity index is 4.28. The number of carbonyl (C=O) groups excluding carboxylic acids is 1. The van der Waals surface area contributed by atoms with Crippen LogP contribution in [0.15, 0.2) is 12.7 Å². The van der Waals surface area contributed by atoms with Gasteiger partial charge in [-0.3, -0.25) is 4.79 Å². The van der Waals surface area contributed by atoms with E-state index in [2.05, 4.69) is 20.4 Å². The highest BCUT2D eigenvalue weighted by Crippen LogP contribution is 2.06. The summed E-state index contributed by atoms with van der Waals surface area (Å²) >= 11 is 0. The van der Waals surface area contributed by atoms with Gasteiger partial charge in [0.05, 0.1) is 12.6 Å². The molecule has 0 aliphatic heterocycles. The quantitative estimate of drug-likeness (QED) is 0.631. The van der Waals surface area contributed by atoms with Crippen LogP contribution in [-0.4, -0.2) is 43.7 Å². The average molecular weight is 228 g/mol. The summed E-state index contributed by atoms with van der Waals surface area (Å²) in [5, 5.41) is 0. The van der Waals surface area contributed by atoms with Crippen molar-refractivity contribution in [2.24, 2.45) is 11.7 Å². The fourth-order valence-corrected chi connectivity index (χ4v) is 1.49. The number of rotatable bonds is 8. The van der Waals surface area contributed by atoms with Gasteiger partial charge >= 0.3 is 0 Å². The van der Waals surface area contributed by atoms with Gasteiger partial charge in [0.2, 0.25) is 5.91 Å². The van der Waals surface area contributed by atoms with Crippen LogP contribution in [0.25, 0.3) is 0 Å². The van der Waals surface area contributed by atoms with Gasteiger partial charge in [0.25, 0.3) is 0 Å². The average Bonchev–Trinajstić information content (AvgIpc) is 2.22. The summed E-state index contributed by atoms with van der Waals surface area (Å²) in [7, 11) is 1.62. The second-order valence-electron chi connectivity index (χ2n) is 4.30. The van der Waals surface area contributed by atoms with Crippen LogP contribution in [0.2, 0.25) is 0 Å².